The van der Waals surface area contributed by atoms with Crippen LogP contribution in [0.25, 0.3) is 0 Å². The molecule has 0 aliphatic rings. The van der Waals surface area contributed by atoms with E-state index < -0.39 is 12.1 Å². The van der Waals surface area contributed by atoms with Gasteiger partial charge < -0.3 is 20.3 Å². The van der Waals surface area contributed by atoms with E-state index in [4.69, 9.17) is 4.74 Å². The molecule has 2 unspecified atom stereocenters. The standard InChI is InChI=1S/C67H125NO5/c1-3-5-7-9-11-13-15-17-18-29-32-36-39-43-47-51-55-59-65(70)64(63-69)68-66(71)60-56-52-48-44-40-37-33-30-27-25-23-21-19-20-22-24-26-28-31-34-38-42-46-50-54-58-62-73-67(72)61-57-53-49-45-41-35-16-14-12-10-8-6-4-2/h8,10,14,16,19,21,55,59,64-65,69-70H,3-7,9,11-13,15,17-18,20,22-54,56-58,60-63H2,1-2H3,(H,68,71)/b10-8-,16-14-,21-19-,59-55+. The summed E-state index contributed by atoms with van der Waals surface area (Å²) in [5.74, 6) is -0.0700. The molecule has 0 radical (unpaired) electrons. The molecule has 0 bridgehead atoms. The topological polar surface area (TPSA) is 95.9 Å². The smallest absolute Gasteiger partial charge is 0.305 e. The number of aliphatic hydroxyl groups excluding tert-OH is 2. The van der Waals surface area contributed by atoms with Crippen LogP contribution in [0, 0.1) is 0 Å². The van der Waals surface area contributed by atoms with Crippen molar-refractivity contribution < 1.29 is 24.5 Å². The lowest BCUT2D eigenvalue weighted by Gasteiger charge is -2.20. The van der Waals surface area contributed by atoms with Gasteiger partial charge in [0.15, 0.2) is 0 Å². The molecule has 0 aliphatic carbocycles. The van der Waals surface area contributed by atoms with Crippen molar-refractivity contribution in [1.82, 2.24) is 5.32 Å². The maximum atomic E-state index is 12.5. The van der Waals surface area contributed by atoms with Gasteiger partial charge in [0.25, 0.3) is 0 Å². The summed E-state index contributed by atoms with van der Waals surface area (Å²) in [5, 5.41) is 23.2. The van der Waals surface area contributed by atoms with Crippen LogP contribution >= 0.6 is 0 Å². The fourth-order valence-corrected chi connectivity index (χ4v) is 9.84. The lowest BCUT2D eigenvalue weighted by molar-refractivity contribution is -0.143. The quantitative estimate of drug-likeness (QED) is 0.0320. The van der Waals surface area contributed by atoms with Crippen molar-refractivity contribution in [3.63, 3.8) is 0 Å². The van der Waals surface area contributed by atoms with Crippen molar-refractivity contribution in [3.05, 3.63) is 48.6 Å². The number of carbonyl (C=O) groups is 2. The molecule has 6 nitrogen and oxygen atoms in total. The van der Waals surface area contributed by atoms with E-state index in [1.807, 2.05) is 6.08 Å². The average molecular weight is 1020 g/mol. The number of rotatable bonds is 60. The van der Waals surface area contributed by atoms with E-state index in [0.717, 1.165) is 51.4 Å². The van der Waals surface area contributed by atoms with Crippen molar-refractivity contribution >= 4 is 11.9 Å². The number of esters is 1. The van der Waals surface area contributed by atoms with Crippen LogP contribution in [0.5, 0.6) is 0 Å². The molecule has 3 N–H and O–H groups in total. The second-order valence-corrected chi connectivity index (χ2v) is 22.1. The van der Waals surface area contributed by atoms with Gasteiger partial charge in [0.2, 0.25) is 5.91 Å². The fourth-order valence-electron chi connectivity index (χ4n) is 9.84. The summed E-state index contributed by atoms with van der Waals surface area (Å²) in [4.78, 5) is 24.5. The van der Waals surface area contributed by atoms with E-state index in [-0.39, 0.29) is 18.5 Å². The zero-order valence-electron chi connectivity index (χ0n) is 48.9. The lowest BCUT2D eigenvalue weighted by Crippen LogP contribution is -2.45. The maximum Gasteiger partial charge on any atom is 0.305 e. The first kappa shape index (κ1) is 70.8. The molecule has 0 heterocycles. The molecule has 0 aromatic carbocycles. The first-order chi connectivity index (χ1) is 36.0. The van der Waals surface area contributed by atoms with Crippen LogP contribution in [0.15, 0.2) is 48.6 Å². The van der Waals surface area contributed by atoms with E-state index in [1.54, 1.807) is 6.08 Å². The molecule has 1 amide bonds. The number of aliphatic hydroxyl groups is 2. The van der Waals surface area contributed by atoms with Crippen molar-refractivity contribution in [3.8, 4) is 0 Å². The number of hydrogen-bond donors (Lipinski definition) is 3. The Morgan fingerprint density at radius 1 is 0.384 bits per heavy atom. The molecule has 6 heteroatoms. The van der Waals surface area contributed by atoms with Crippen LogP contribution in [-0.2, 0) is 14.3 Å². The van der Waals surface area contributed by atoms with Gasteiger partial charge in [-0.1, -0.05) is 294 Å². The number of hydrogen-bond acceptors (Lipinski definition) is 5. The van der Waals surface area contributed by atoms with Gasteiger partial charge in [-0.3, -0.25) is 9.59 Å². The Bertz CT molecular complexity index is 1230. The molecule has 0 saturated heterocycles. The van der Waals surface area contributed by atoms with Gasteiger partial charge in [-0.05, 0) is 83.5 Å². The summed E-state index contributed by atoms with van der Waals surface area (Å²) >= 11 is 0. The number of ether oxygens (including phenoxy) is 1. The van der Waals surface area contributed by atoms with Crippen molar-refractivity contribution in [1.29, 1.82) is 0 Å². The number of allylic oxidation sites excluding steroid dienone is 7. The van der Waals surface area contributed by atoms with E-state index in [9.17, 15) is 19.8 Å². The Balaban J connectivity index is 3.42. The first-order valence-corrected chi connectivity index (χ1v) is 32.4. The van der Waals surface area contributed by atoms with Gasteiger partial charge in [0.1, 0.15) is 0 Å². The molecule has 0 aromatic heterocycles. The molecule has 0 spiro atoms. The fraction of sp³-hybridized carbons (Fsp3) is 0.851. The predicted octanol–water partition coefficient (Wildman–Crippen LogP) is 20.5. The van der Waals surface area contributed by atoms with Gasteiger partial charge >= 0.3 is 5.97 Å². The number of amides is 1. The Labute approximate surface area is 455 Å². The Morgan fingerprint density at radius 3 is 1.11 bits per heavy atom. The van der Waals surface area contributed by atoms with Crippen molar-refractivity contribution in [2.24, 2.45) is 0 Å². The van der Waals surface area contributed by atoms with Crippen LogP contribution in [0.4, 0.5) is 0 Å². The van der Waals surface area contributed by atoms with Crippen LogP contribution in [0.2, 0.25) is 0 Å². The highest BCUT2D eigenvalue weighted by Crippen LogP contribution is 2.17. The molecule has 0 aromatic rings. The number of carbonyl (C=O) groups excluding carboxylic acids is 2. The normalized spacial score (nSPS) is 12.9. The molecule has 428 valence electrons. The third-order valence-electron chi connectivity index (χ3n) is 14.8. The van der Waals surface area contributed by atoms with E-state index in [1.165, 1.54) is 263 Å². The molecule has 0 fully saturated rings. The van der Waals surface area contributed by atoms with Gasteiger partial charge in [0.05, 0.1) is 25.4 Å². The Morgan fingerprint density at radius 2 is 0.712 bits per heavy atom. The highest BCUT2D eigenvalue weighted by atomic mass is 16.5. The summed E-state index contributed by atoms with van der Waals surface area (Å²) in [7, 11) is 0. The third-order valence-corrected chi connectivity index (χ3v) is 14.8. The average Bonchev–Trinajstić information content (AvgIpc) is 3.39. The first-order valence-electron chi connectivity index (χ1n) is 32.4. The SMILES string of the molecule is CCC/C=C\C/C=C\CCCCCCCC(=O)OCCCCCCCCCCCCCC/C=C\CCCCCCCCCCCCC(=O)NC(CO)C(O)/C=C/CCCCCCCCCCCCCCCCC. The van der Waals surface area contributed by atoms with E-state index in [2.05, 4.69) is 55.6 Å². The molecular weight excluding hydrogens is 899 g/mol. The molecule has 73 heavy (non-hydrogen) atoms. The maximum absolute atomic E-state index is 12.5. The summed E-state index contributed by atoms with van der Waals surface area (Å²) in [6, 6.07) is -0.630. The number of unbranched alkanes of at least 4 members (excludes halogenated alkanes) is 43. The molecule has 0 saturated carbocycles. The van der Waals surface area contributed by atoms with E-state index >= 15 is 0 Å². The van der Waals surface area contributed by atoms with Crippen LogP contribution < -0.4 is 5.32 Å². The predicted molar refractivity (Wildman–Crippen MR) is 319 cm³/mol. The van der Waals surface area contributed by atoms with Crippen LogP contribution in [-0.4, -0.2) is 47.4 Å². The summed E-state index contributed by atoms with van der Waals surface area (Å²) in [5.41, 5.74) is 0. The van der Waals surface area contributed by atoms with Gasteiger partial charge in [-0.2, -0.15) is 0 Å². The third kappa shape index (κ3) is 58.9. The van der Waals surface area contributed by atoms with Gasteiger partial charge in [-0.15, -0.1) is 0 Å². The van der Waals surface area contributed by atoms with E-state index in [0.29, 0.717) is 19.4 Å². The minimum Gasteiger partial charge on any atom is -0.466 e. The van der Waals surface area contributed by atoms with Crippen molar-refractivity contribution in [2.75, 3.05) is 13.2 Å². The van der Waals surface area contributed by atoms with Crippen molar-refractivity contribution in [2.45, 2.75) is 353 Å². The van der Waals surface area contributed by atoms with Gasteiger partial charge in [0, 0.05) is 12.8 Å². The van der Waals surface area contributed by atoms with Crippen LogP contribution in [0.3, 0.4) is 0 Å². The molecule has 0 rings (SSSR count). The Kier molecular flexibility index (Phi) is 60.5. The zero-order chi connectivity index (χ0) is 52.9. The van der Waals surface area contributed by atoms with Crippen LogP contribution in [0.1, 0.15) is 341 Å². The number of nitrogens with one attached hydrogen (secondary N) is 1. The monoisotopic (exact) mass is 1020 g/mol. The van der Waals surface area contributed by atoms with Gasteiger partial charge in [-0.25, -0.2) is 0 Å². The summed E-state index contributed by atoms with van der Waals surface area (Å²) < 4.78 is 5.47. The second kappa shape index (κ2) is 62.4. The molecular formula is C67H125NO5. The highest BCUT2D eigenvalue weighted by Gasteiger charge is 2.18. The minimum absolute atomic E-state index is 0.00170. The zero-order valence-corrected chi connectivity index (χ0v) is 48.9. The highest BCUT2D eigenvalue weighted by molar-refractivity contribution is 5.76. The largest absolute Gasteiger partial charge is 0.466 e. The molecule has 2 atom stereocenters. The lowest BCUT2D eigenvalue weighted by atomic mass is 10.0. The second-order valence-electron chi connectivity index (χ2n) is 22.1. The Hall–Kier alpha value is -2.18. The molecule has 0 aliphatic heterocycles. The minimum atomic E-state index is -0.846. The summed E-state index contributed by atoms with van der Waals surface area (Å²) in [6.45, 7) is 4.85. The summed E-state index contributed by atoms with van der Waals surface area (Å²) in [6.07, 6.45) is 80.2.